The lowest BCUT2D eigenvalue weighted by molar-refractivity contribution is -0.137. The van der Waals surface area contributed by atoms with Crippen LogP contribution in [0.4, 0.5) is 13.2 Å². The van der Waals surface area contributed by atoms with Gasteiger partial charge in [-0.25, -0.2) is 18.1 Å². The number of imidazole rings is 1. The van der Waals surface area contributed by atoms with Crippen molar-refractivity contribution in [1.82, 2.24) is 14.3 Å². The molecule has 0 radical (unpaired) electrons. The van der Waals surface area contributed by atoms with Crippen molar-refractivity contribution < 1.29 is 21.6 Å². The van der Waals surface area contributed by atoms with Gasteiger partial charge in [-0.1, -0.05) is 0 Å². The number of rotatable bonds is 5. The van der Waals surface area contributed by atoms with Crippen molar-refractivity contribution in [1.29, 1.82) is 5.26 Å². The van der Waals surface area contributed by atoms with Crippen LogP contribution in [0.3, 0.4) is 0 Å². The van der Waals surface area contributed by atoms with Gasteiger partial charge in [-0.15, -0.1) is 0 Å². The first kappa shape index (κ1) is 20.8. The molecule has 29 heavy (non-hydrogen) atoms. The third-order valence-corrected chi connectivity index (χ3v) is 5.99. The lowest BCUT2D eigenvalue weighted by atomic mass is 10.2. The van der Waals surface area contributed by atoms with Crippen LogP contribution in [0.25, 0.3) is 11.0 Å². The van der Waals surface area contributed by atoms with Crippen LogP contribution in [0, 0.1) is 11.3 Å². The van der Waals surface area contributed by atoms with Crippen molar-refractivity contribution >= 4 is 21.1 Å². The Morgan fingerprint density at radius 1 is 1.21 bits per heavy atom. The molecule has 6 nitrogen and oxygen atoms in total. The fraction of sp³-hybridized carbons (Fsp3) is 0.263. The van der Waals surface area contributed by atoms with E-state index in [2.05, 4.69) is 9.71 Å². The topological polar surface area (TPSA) is 87.8 Å². The van der Waals surface area contributed by atoms with E-state index in [-0.39, 0.29) is 10.4 Å². The van der Waals surface area contributed by atoms with Crippen molar-refractivity contribution in [2.24, 2.45) is 0 Å². The van der Waals surface area contributed by atoms with Gasteiger partial charge in [0.25, 0.3) is 0 Å². The molecular weight excluding hydrogens is 405 g/mol. The zero-order valence-electron chi connectivity index (χ0n) is 15.5. The van der Waals surface area contributed by atoms with Gasteiger partial charge in [0.15, 0.2) is 0 Å². The number of fused-ring (bicyclic) bond motifs is 1. The van der Waals surface area contributed by atoms with Crippen molar-refractivity contribution in [3.05, 3.63) is 59.4 Å². The zero-order valence-corrected chi connectivity index (χ0v) is 16.3. The highest BCUT2D eigenvalue weighted by atomic mass is 32.2. The van der Waals surface area contributed by atoms with E-state index in [0.29, 0.717) is 23.4 Å². The maximum atomic E-state index is 13.0. The van der Waals surface area contributed by atoms with Gasteiger partial charge in [0.1, 0.15) is 5.82 Å². The summed E-state index contributed by atoms with van der Waals surface area (Å²) in [5.74, 6) is 0.305. The van der Waals surface area contributed by atoms with Gasteiger partial charge >= 0.3 is 6.18 Å². The Bertz CT molecular complexity index is 1190. The molecule has 0 unspecified atom stereocenters. The Kier molecular flexibility index (Phi) is 5.38. The maximum absolute atomic E-state index is 13.0. The number of aromatic nitrogens is 2. The van der Waals surface area contributed by atoms with Crippen LogP contribution < -0.4 is 4.72 Å². The quantitative estimate of drug-likeness (QED) is 0.674. The molecule has 1 heterocycles. The van der Waals surface area contributed by atoms with Crippen LogP contribution in [-0.4, -0.2) is 18.0 Å². The predicted molar refractivity (Wildman–Crippen MR) is 100 cm³/mol. The number of nitriles is 1. The molecule has 0 aliphatic rings. The van der Waals surface area contributed by atoms with Gasteiger partial charge in [-0.05, 0) is 56.3 Å². The second kappa shape index (κ2) is 7.50. The molecule has 0 saturated heterocycles. The third kappa shape index (κ3) is 4.11. The summed E-state index contributed by atoms with van der Waals surface area (Å²) < 4.78 is 68.4. The molecule has 1 N–H and O–H groups in total. The molecule has 10 heteroatoms. The van der Waals surface area contributed by atoms with Gasteiger partial charge in [0.05, 0.1) is 39.2 Å². The summed E-state index contributed by atoms with van der Waals surface area (Å²) in [7, 11) is -3.92. The van der Waals surface area contributed by atoms with Gasteiger partial charge in [0, 0.05) is 6.54 Å². The van der Waals surface area contributed by atoms with E-state index in [1.54, 1.807) is 18.4 Å². The highest BCUT2D eigenvalue weighted by Gasteiger charge is 2.31. The van der Waals surface area contributed by atoms with Crippen molar-refractivity contribution in [2.75, 3.05) is 0 Å². The van der Waals surface area contributed by atoms with E-state index in [9.17, 15) is 21.6 Å². The zero-order chi connectivity index (χ0) is 21.4. The molecule has 152 valence electrons. The van der Waals surface area contributed by atoms with E-state index in [1.165, 1.54) is 30.3 Å². The Labute approximate surface area is 165 Å². The average Bonchev–Trinajstić information content (AvgIpc) is 3.05. The van der Waals surface area contributed by atoms with E-state index < -0.39 is 27.8 Å². The largest absolute Gasteiger partial charge is 0.416 e. The van der Waals surface area contributed by atoms with Gasteiger partial charge in [-0.2, -0.15) is 18.4 Å². The monoisotopic (exact) mass is 422 g/mol. The minimum Gasteiger partial charge on any atom is -0.327 e. The fourth-order valence-electron chi connectivity index (χ4n) is 3.04. The summed E-state index contributed by atoms with van der Waals surface area (Å²) in [4.78, 5) is 4.31. The van der Waals surface area contributed by atoms with E-state index in [0.717, 1.165) is 12.1 Å². The van der Waals surface area contributed by atoms with E-state index in [4.69, 9.17) is 5.26 Å². The SMILES string of the molecule is CCn1c([C@@H](C)NS(=O)(=O)c2ccc(C#N)cc2)nc2ccc(C(F)(F)F)cc21. The molecule has 0 amide bonds. The normalized spacial score (nSPS) is 13.4. The first-order valence-electron chi connectivity index (χ1n) is 8.66. The first-order valence-corrected chi connectivity index (χ1v) is 10.1. The number of benzene rings is 2. The van der Waals surface area contributed by atoms with Gasteiger partial charge in [0.2, 0.25) is 10.0 Å². The second-order valence-corrected chi connectivity index (χ2v) is 8.11. The molecule has 0 aliphatic heterocycles. The van der Waals surface area contributed by atoms with Crippen molar-refractivity contribution in [3.8, 4) is 6.07 Å². The number of hydrogen-bond donors (Lipinski definition) is 1. The molecule has 1 atom stereocenters. The third-order valence-electron chi connectivity index (χ3n) is 4.43. The van der Waals surface area contributed by atoms with E-state index >= 15 is 0 Å². The number of alkyl halides is 3. The standard InChI is InChI=1S/C19H17F3N4O2S/c1-3-26-17-10-14(19(20,21)22)6-9-16(17)24-18(26)12(2)25-29(27,28)15-7-4-13(11-23)5-8-15/h4-10,12,25H,3H2,1-2H3/t12-/m1/s1. The number of hydrogen-bond acceptors (Lipinski definition) is 4. The summed E-state index contributed by atoms with van der Waals surface area (Å²) in [6.07, 6.45) is -4.49. The van der Waals surface area contributed by atoms with Crippen LogP contribution in [-0.2, 0) is 22.7 Å². The Morgan fingerprint density at radius 2 is 1.86 bits per heavy atom. The number of aryl methyl sites for hydroxylation is 1. The van der Waals surface area contributed by atoms with Crippen LogP contribution in [0.1, 0.15) is 36.8 Å². The van der Waals surface area contributed by atoms with Crippen molar-refractivity contribution in [3.63, 3.8) is 0 Å². The Balaban J connectivity index is 1.97. The Morgan fingerprint density at radius 3 is 2.41 bits per heavy atom. The van der Waals surface area contributed by atoms with Crippen molar-refractivity contribution in [2.45, 2.75) is 37.5 Å². The van der Waals surface area contributed by atoms with E-state index in [1.807, 2.05) is 6.07 Å². The summed E-state index contributed by atoms with van der Waals surface area (Å²) in [6.45, 7) is 3.63. The molecule has 3 rings (SSSR count). The lowest BCUT2D eigenvalue weighted by Crippen LogP contribution is -2.28. The molecule has 0 spiro atoms. The van der Waals surface area contributed by atoms with Gasteiger partial charge < -0.3 is 4.57 Å². The smallest absolute Gasteiger partial charge is 0.327 e. The number of nitrogens with zero attached hydrogens (tertiary/aromatic N) is 3. The highest BCUT2D eigenvalue weighted by molar-refractivity contribution is 7.89. The average molecular weight is 422 g/mol. The summed E-state index contributed by atoms with van der Waals surface area (Å²) in [5.41, 5.74) is 0.156. The maximum Gasteiger partial charge on any atom is 0.416 e. The molecule has 0 saturated carbocycles. The molecule has 0 fully saturated rings. The number of halogens is 3. The summed E-state index contributed by atoms with van der Waals surface area (Å²) >= 11 is 0. The van der Waals surface area contributed by atoms with Gasteiger partial charge in [-0.3, -0.25) is 0 Å². The number of nitrogens with one attached hydrogen (secondary N) is 1. The van der Waals surface area contributed by atoms with Crippen LogP contribution >= 0.6 is 0 Å². The predicted octanol–water partition coefficient (Wildman–Crippen LogP) is 3.99. The molecular formula is C19H17F3N4O2S. The fourth-order valence-corrected chi connectivity index (χ4v) is 4.24. The highest BCUT2D eigenvalue weighted by Crippen LogP contribution is 2.32. The molecule has 1 aromatic heterocycles. The lowest BCUT2D eigenvalue weighted by Gasteiger charge is -2.16. The minimum absolute atomic E-state index is 0.0260. The summed E-state index contributed by atoms with van der Waals surface area (Å²) in [6, 6.07) is 9.75. The molecule has 3 aromatic rings. The van der Waals surface area contributed by atoms with Crippen LogP contribution in [0.15, 0.2) is 47.4 Å². The first-order chi connectivity index (χ1) is 13.6. The number of sulfonamides is 1. The molecule has 2 aromatic carbocycles. The molecule has 0 bridgehead atoms. The van der Waals surface area contributed by atoms with Crippen LogP contribution in [0.5, 0.6) is 0 Å². The summed E-state index contributed by atoms with van der Waals surface area (Å²) in [5, 5.41) is 8.83. The minimum atomic E-state index is -4.49. The molecule has 0 aliphatic carbocycles. The second-order valence-electron chi connectivity index (χ2n) is 6.39. The van der Waals surface area contributed by atoms with Crippen LogP contribution in [0.2, 0.25) is 0 Å². The Hall–Kier alpha value is -2.90.